The molecule has 14 rings (SSSR count). The number of aryl methyl sites for hydroxylation is 2. The number of para-hydroxylation sites is 3. The van der Waals surface area contributed by atoms with E-state index in [-0.39, 0.29) is 116 Å². The van der Waals surface area contributed by atoms with Crippen molar-refractivity contribution in [3.05, 3.63) is 317 Å². The number of benzene rings is 11. The number of fused-ring (bicyclic) bond motifs is 3. The molecule has 3 heterocycles. The van der Waals surface area contributed by atoms with Crippen LogP contribution in [0, 0.1) is 119 Å². The van der Waals surface area contributed by atoms with Gasteiger partial charge in [-0.3, -0.25) is 4.79 Å². The van der Waals surface area contributed by atoms with Crippen LogP contribution in [0.5, 0.6) is 0 Å². The van der Waals surface area contributed by atoms with Gasteiger partial charge in [-0.05, 0) is 152 Å². The van der Waals surface area contributed by atoms with Crippen LogP contribution in [0.2, 0.25) is 5.28 Å². The maximum Gasteiger partial charge on any atom is 0.335 e. The first-order chi connectivity index (χ1) is 47.6. The molecule has 2 radical (unpaired) electrons. The number of hydrogen-bond acceptors (Lipinski definition) is 15. The number of nitriles is 2. The van der Waals surface area contributed by atoms with Gasteiger partial charge in [-0.25, -0.2) is 39.5 Å². The van der Waals surface area contributed by atoms with Gasteiger partial charge >= 0.3 is 11.9 Å². The van der Waals surface area contributed by atoms with Gasteiger partial charge in [0.2, 0.25) is 17.2 Å². The van der Waals surface area contributed by atoms with E-state index in [1.54, 1.807) is 72.8 Å². The van der Waals surface area contributed by atoms with Crippen LogP contribution in [0.15, 0.2) is 273 Å². The quantitative estimate of drug-likeness (QED) is 0.0467. The van der Waals surface area contributed by atoms with Gasteiger partial charge in [-0.1, -0.05) is 158 Å². The number of aromatic carboxylic acids is 2. The molecule has 0 spiro atoms. The van der Waals surface area contributed by atoms with Crippen molar-refractivity contribution in [2.75, 3.05) is 27.4 Å². The number of aromatic nitrogens is 6. The SMILES string of the molecule is Cc1ccc(C#N)cc1N.Cc1ccc(C#N)cc1NC(=O)c1ccc(Nc2nc(-c3ccccc3)c3ccccc3n2)cc1.Clc1nc(-c2ccccc2)c2ccccc2n1.Nc1ccc(C(=O)O)cc1.O.O.O=C(O)c1ccc(Nc2nc(-c3ccccc3)c3ccccc3n2)cc1.[Pr].[Pr]. The van der Waals surface area contributed by atoms with Crippen molar-refractivity contribution in [2.45, 2.75) is 13.8 Å². The van der Waals surface area contributed by atoms with E-state index in [0.717, 1.165) is 89.0 Å². The maximum absolute atomic E-state index is 12.7. The summed E-state index contributed by atoms with van der Waals surface area (Å²) in [5.74, 6) is -1.19. The van der Waals surface area contributed by atoms with Crippen molar-refractivity contribution >= 4 is 102 Å². The molecule has 102 heavy (non-hydrogen) atoms. The van der Waals surface area contributed by atoms with Gasteiger partial charge in [-0.2, -0.15) is 10.5 Å². The van der Waals surface area contributed by atoms with Crippen molar-refractivity contribution in [3.63, 3.8) is 0 Å². The number of amides is 1. The number of carbonyl (C=O) groups excluding carboxylic acids is 1. The van der Waals surface area contributed by atoms with Crippen LogP contribution in [0.25, 0.3) is 66.5 Å². The molecule has 0 aliphatic heterocycles. The molecule has 11 aromatic carbocycles. The molecule has 0 aliphatic carbocycles. The van der Waals surface area contributed by atoms with Crippen LogP contribution in [-0.4, -0.2) is 68.9 Å². The maximum atomic E-state index is 12.7. The number of nitrogens with zero attached hydrogens (tertiary/aromatic N) is 8. The number of hydrogen-bond donors (Lipinski definition) is 7. The first-order valence-electron chi connectivity index (χ1n) is 30.4. The number of carboxylic acid groups (broad SMARTS) is 2. The number of nitrogen functional groups attached to an aromatic ring is 2. The summed E-state index contributed by atoms with van der Waals surface area (Å²) < 4.78 is 0. The Morgan fingerprint density at radius 1 is 0.412 bits per heavy atom. The number of nitrogens with two attached hydrogens (primary N) is 2. The molecule has 14 aromatic rings. The summed E-state index contributed by atoms with van der Waals surface area (Å²) in [7, 11) is 0. The largest absolute Gasteiger partial charge is 0.478 e. The Labute approximate surface area is 658 Å². The Bertz CT molecular complexity index is 5260. The summed E-state index contributed by atoms with van der Waals surface area (Å²) in [6.07, 6.45) is 0. The molecular formula is C79H64ClN13O7Pr2. The van der Waals surface area contributed by atoms with E-state index in [1.807, 2.05) is 208 Å². The number of nitrogens with one attached hydrogen (secondary N) is 3. The minimum atomic E-state index is -0.954. The Morgan fingerprint density at radius 3 is 1.17 bits per heavy atom. The molecule has 23 heteroatoms. The van der Waals surface area contributed by atoms with Gasteiger partial charge in [0.05, 0.1) is 68.0 Å². The van der Waals surface area contributed by atoms with E-state index in [0.29, 0.717) is 45.6 Å². The second kappa shape index (κ2) is 39.1. The average Bonchev–Trinajstić information content (AvgIpc) is 0.804. The molecule has 0 saturated heterocycles. The van der Waals surface area contributed by atoms with Crippen LogP contribution in [0.3, 0.4) is 0 Å². The minimum absolute atomic E-state index is 0. The van der Waals surface area contributed by atoms with E-state index in [4.69, 9.17) is 48.8 Å². The molecular weight excluding hydrogens is 1560 g/mol. The van der Waals surface area contributed by atoms with Crippen LogP contribution in [0.4, 0.5) is 40.3 Å². The van der Waals surface area contributed by atoms with Gasteiger partial charge in [0, 0.05) is 149 Å². The summed E-state index contributed by atoms with van der Waals surface area (Å²) in [6.45, 7) is 3.80. The van der Waals surface area contributed by atoms with Gasteiger partial charge in [0.25, 0.3) is 5.91 Å². The molecule has 0 aliphatic rings. The molecule has 20 nitrogen and oxygen atoms in total. The zero-order chi connectivity index (χ0) is 68.9. The number of rotatable bonds is 11. The van der Waals surface area contributed by atoms with Crippen LogP contribution in [0.1, 0.15) is 53.3 Å². The number of carboxylic acids is 2. The third kappa shape index (κ3) is 21.7. The minimum Gasteiger partial charge on any atom is -0.478 e. The zero-order valence-electron chi connectivity index (χ0n) is 54.9. The third-order valence-electron chi connectivity index (χ3n) is 14.9. The predicted octanol–water partition coefficient (Wildman–Crippen LogP) is 15.9. The zero-order valence-corrected chi connectivity index (χ0v) is 63.0. The predicted molar refractivity (Wildman–Crippen MR) is 396 cm³/mol. The molecule has 3 aromatic heterocycles. The smallest absolute Gasteiger partial charge is 0.335 e. The topological polar surface area (TPSA) is 368 Å². The van der Waals surface area contributed by atoms with Crippen molar-refractivity contribution in [3.8, 4) is 45.9 Å². The van der Waals surface area contributed by atoms with Gasteiger partial charge < -0.3 is 48.6 Å². The number of halogens is 1. The fourth-order valence-electron chi connectivity index (χ4n) is 9.78. The first kappa shape index (κ1) is 79.9. The fraction of sp³-hybridized carbons (Fsp3) is 0.0253. The van der Waals surface area contributed by atoms with Crippen molar-refractivity contribution < 1.29 is 118 Å². The Morgan fingerprint density at radius 2 is 0.765 bits per heavy atom. The number of carbonyl (C=O) groups is 3. The molecule has 500 valence electrons. The summed E-state index contributed by atoms with van der Waals surface area (Å²) >= 11 is 5.95. The van der Waals surface area contributed by atoms with E-state index < -0.39 is 11.9 Å². The standard InChI is InChI=1S/C29H21N5O.C21H15N3O2.C14H9ClN2.C8H8N2.C7H7NO2.2H2O.2Pr/c1-19-11-12-20(18-30)17-26(19)32-28(35)22-13-15-23(16-14-22)31-29-33-25-10-6-5-9-24(25)27(34-29)21-7-3-2-4-8-21;25-20(26)15-10-12-16(13-11-15)22-21-23-18-9-5-4-8-17(18)19(24-21)14-6-2-1-3-7-14;15-14-16-12-9-5-4-8-11(12)13(17-14)10-6-2-1-3-7-10;1-6-2-3-7(5-9)4-8(6)10;8-6-3-1-5(2-4-6)7(9)10;;;;/h2-17H,1H3,(H,32,35)(H,31,33,34);1-13H,(H,25,26)(H,22,23,24);1-9H;2-4H,10H2,1H3;1-4H,8H2,(H,9,10);2*1H2;;. The molecule has 0 bridgehead atoms. The normalized spacial score (nSPS) is 9.85. The molecule has 1 amide bonds. The van der Waals surface area contributed by atoms with E-state index in [9.17, 15) is 14.4 Å². The van der Waals surface area contributed by atoms with Crippen molar-refractivity contribution in [2.24, 2.45) is 0 Å². The Balaban J connectivity index is 0.000000215. The van der Waals surface area contributed by atoms with Gasteiger partial charge in [-0.15, -0.1) is 0 Å². The Hall–Kier alpha value is -11.0. The van der Waals surface area contributed by atoms with Crippen molar-refractivity contribution in [1.82, 2.24) is 29.9 Å². The van der Waals surface area contributed by atoms with Gasteiger partial charge in [0.1, 0.15) is 0 Å². The van der Waals surface area contributed by atoms with E-state index in [1.165, 1.54) is 12.1 Å². The summed E-state index contributed by atoms with van der Waals surface area (Å²) in [6, 6.07) is 87.8. The summed E-state index contributed by atoms with van der Waals surface area (Å²) in [5.41, 5.74) is 26.4. The van der Waals surface area contributed by atoms with Crippen LogP contribution in [-0.2, 0) is 0 Å². The fourth-order valence-corrected chi connectivity index (χ4v) is 9.95. The average molecular weight is 1620 g/mol. The molecule has 0 unspecified atom stereocenters. The van der Waals surface area contributed by atoms with E-state index >= 15 is 0 Å². The van der Waals surface area contributed by atoms with Gasteiger partial charge in [0.15, 0.2) is 0 Å². The van der Waals surface area contributed by atoms with Crippen molar-refractivity contribution in [1.29, 1.82) is 10.5 Å². The summed E-state index contributed by atoms with van der Waals surface area (Å²) in [4.78, 5) is 61.2. The molecule has 13 N–H and O–H groups in total. The second-order valence-electron chi connectivity index (χ2n) is 21.7. The van der Waals surface area contributed by atoms with Crippen LogP contribution >= 0.6 is 11.6 Å². The first-order valence-corrected chi connectivity index (χ1v) is 30.7. The third-order valence-corrected chi connectivity index (χ3v) is 15.1. The Kier molecular flexibility index (Phi) is 30.6. The molecule has 0 fully saturated rings. The van der Waals surface area contributed by atoms with Crippen LogP contribution < -0.4 is 27.4 Å². The summed E-state index contributed by atoms with van der Waals surface area (Å²) in [5, 5.41) is 47.5. The second-order valence-corrected chi connectivity index (χ2v) is 22.0. The van der Waals surface area contributed by atoms with E-state index in [2.05, 4.69) is 46.9 Å². The molecule has 0 atom stereocenters. The number of anilines is 7. The molecule has 0 saturated carbocycles. The monoisotopic (exact) mass is 1620 g/mol.